The first-order valence-corrected chi connectivity index (χ1v) is 8.93. The lowest BCUT2D eigenvalue weighted by Gasteiger charge is -2.11. The van der Waals surface area contributed by atoms with Crippen LogP contribution in [0.3, 0.4) is 0 Å². The topological polar surface area (TPSA) is 125 Å². The minimum atomic E-state index is -0.391. The van der Waals surface area contributed by atoms with E-state index in [0.29, 0.717) is 29.0 Å². The zero-order valence-corrected chi connectivity index (χ0v) is 16.5. The van der Waals surface area contributed by atoms with Crippen LogP contribution in [0.4, 0.5) is 0 Å². The SMILES string of the molecule is CNC(=O)c1noc(CSc2nnc(C(N)Cc3ccccc3)n2C)n1.Cl. The highest BCUT2D eigenvalue weighted by molar-refractivity contribution is 7.98. The standard InChI is InChI=1S/C16H19N7O2S.ClH/c1-18-15(24)13-19-12(25-22-13)9-26-16-21-20-14(23(16)2)11(17)8-10-6-4-3-5-7-10;/h3-7,11H,8-9,17H2,1-2H3,(H,18,24);1H. The second kappa shape index (κ2) is 9.49. The van der Waals surface area contributed by atoms with Crippen molar-refractivity contribution in [3.63, 3.8) is 0 Å². The number of hydrogen-bond donors (Lipinski definition) is 2. The van der Waals surface area contributed by atoms with Gasteiger partial charge in [-0.1, -0.05) is 47.3 Å². The molecule has 0 fully saturated rings. The van der Waals surface area contributed by atoms with Crippen LogP contribution in [-0.2, 0) is 19.2 Å². The van der Waals surface area contributed by atoms with Crippen molar-refractivity contribution in [2.45, 2.75) is 23.4 Å². The molecule has 1 unspecified atom stereocenters. The maximum absolute atomic E-state index is 11.4. The Morgan fingerprint density at radius 1 is 1.33 bits per heavy atom. The normalized spacial score (nSPS) is 11.7. The van der Waals surface area contributed by atoms with Gasteiger partial charge in [0.15, 0.2) is 11.0 Å². The molecule has 0 spiro atoms. The molecule has 1 atom stereocenters. The van der Waals surface area contributed by atoms with Gasteiger partial charge in [-0.15, -0.1) is 22.6 Å². The van der Waals surface area contributed by atoms with Crippen molar-refractivity contribution in [3.8, 4) is 0 Å². The molecular weight excluding hydrogens is 390 g/mol. The summed E-state index contributed by atoms with van der Waals surface area (Å²) in [5.74, 6) is 1.04. The van der Waals surface area contributed by atoms with E-state index in [1.807, 2.05) is 41.9 Å². The lowest BCUT2D eigenvalue weighted by atomic mass is 10.1. The Morgan fingerprint density at radius 2 is 2.07 bits per heavy atom. The van der Waals surface area contributed by atoms with E-state index in [0.717, 1.165) is 5.56 Å². The summed E-state index contributed by atoms with van der Waals surface area (Å²) in [5.41, 5.74) is 7.43. The van der Waals surface area contributed by atoms with E-state index in [-0.39, 0.29) is 24.3 Å². The first kappa shape index (κ1) is 20.9. The molecule has 3 rings (SSSR count). The molecule has 2 heterocycles. The third-order valence-electron chi connectivity index (χ3n) is 3.72. The Morgan fingerprint density at radius 3 is 2.78 bits per heavy atom. The zero-order valence-electron chi connectivity index (χ0n) is 14.8. The largest absolute Gasteiger partial charge is 0.352 e. The molecule has 3 aromatic rings. The monoisotopic (exact) mass is 409 g/mol. The van der Waals surface area contributed by atoms with Crippen LogP contribution >= 0.6 is 24.2 Å². The van der Waals surface area contributed by atoms with E-state index in [1.54, 1.807) is 0 Å². The number of halogens is 1. The molecule has 2 aromatic heterocycles. The predicted molar refractivity (Wildman–Crippen MR) is 103 cm³/mol. The molecule has 0 aliphatic heterocycles. The zero-order chi connectivity index (χ0) is 18.5. The molecule has 0 bridgehead atoms. The van der Waals surface area contributed by atoms with Crippen LogP contribution in [0.5, 0.6) is 0 Å². The summed E-state index contributed by atoms with van der Waals surface area (Å²) < 4.78 is 6.91. The maximum Gasteiger partial charge on any atom is 0.292 e. The molecule has 0 aliphatic carbocycles. The second-order valence-corrected chi connectivity index (χ2v) is 6.52. The fourth-order valence-electron chi connectivity index (χ4n) is 2.38. The van der Waals surface area contributed by atoms with Crippen LogP contribution in [0.2, 0.25) is 0 Å². The second-order valence-electron chi connectivity index (χ2n) is 5.58. The number of rotatable bonds is 7. The van der Waals surface area contributed by atoms with Crippen molar-refractivity contribution in [3.05, 3.63) is 53.4 Å². The van der Waals surface area contributed by atoms with Gasteiger partial charge in [0.25, 0.3) is 11.7 Å². The summed E-state index contributed by atoms with van der Waals surface area (Å²) in [5, 5.41) is 15.1. The molecule has 0 radical (unpaired) electrons. The average Bonchev–Trinajstić information content (AvgIpc) is 3.27. The summed E-state index contributed by atoms with van der Waals surface area (Å²) in [7, 11) is 3.37. The van der Waals surface area contributed by atoms with Crippen LogP contribution in [0.15, 0.2) is 40.0 Å². The van der Waals surface area contributed by atoms with Gasteiger partial charge in [0.2, 0.25) is 5.89 Å². The summed E-state index contributed by atoms with van der Waals surface area (Å²) in [6.45, 7) is 0. The first-order chi connectivity index (χ1) is 12.6. The molecule has 1 aromatic carbocycles. The number of amides is 1. The van der Waals surface area contributed by atoms with Crippen molar-refractivity contribution < 1.29 is 9.32 Å². The first-order valence-electron chi connectivity index (χ1n) is 7.94. The van der Waals surface area contributed by atoms with Gasteiger partial charge in [-0.05, 0) is 12.0 Å². The average molecular weight is 410 g/mol. The third kappa shape index (κ3) is 5.06. The van der Waals surface area contributed by atoms with Gasteiger partial charge in [0.05, 0.1) is 11.8 Å². The fraction of sp³-hybridized carbons (Fsp3) is 0.312. The number of carbonyl (C=O) groups is 1. The highest BCUT2D eigenvalue weighted by Crippen LogP contribution is 2.23. The van der Waals surface area contributed by atoms with E-state index in [2.05, 4.69) is 25.7 Å². The van der Waals surface area contributed by atoms with E-state index < -0.39 is 5.91 Å². The van der Waals surface area contributed by atoms with Crippen molar-refractivity contribution in [2.24, 2.45) is 12.8 Å². The molecule has 0 aliphatic rings. The van der Waals surface area contributed by atoms with Crippen molar-refractivity contribution >= 4 is 30.1 Å². The number of carbonyl (C=O) groups excluding carboxylic acids is 1. The van der Waals surface area contributed by atoms with Crippen molar-refractivity contribution in [2.75, 3.05) is 7.05 Å². The molecular formula is C16H20ClN7O2S. The number of aromatic nitrogens is 5. The van der Waals surface area contributed by atoms with Gasteiger partial charge in [0.1, 0.15) is 0 Å². The Hall–Kier alpha value is -2.43. The number of thioether (sulfide) groups is 1. The molecule has 0 saturated heterocycles. The molecule has 3 N–H and O–H groups in total. The number of nitrogens with one attached hydrogen (secondary N) is 1. The van der Waals surface area contributed by atoms with Crippen LogP contribution in [0, 0.1) is 0 Å². The molecule has 9 nitrogen and oxygen atoms in total. The minimum absolute atomic E-state index is 0. The highest BCUT2D eigenvalue weighted by atomic mass is 35.5. The Balaban J connectivity index is 0.00000261. The predicted octanol–water partition coefficient (Wildman–Crippen LogP) is 1.51. The van der Waals surface area contributed by atoms with Gasteiger partial charge in [-0.2, -0.15) is 4.98 Å². The van der Waals surface area contributed by atoms with Crippen molar-refractivity contribution in [1.29, 1.82) is 0 Å². The van der Waals surface area contributed by atoms with E-state index in [4.69, 9.17) is 10.3 Å². The van der Waals surface area contributed by atoms with Gasteiger partial charge in [-0.3, -0.25) is 4.79 Å². The van der Waals surface area contributed by atoms with E-state index in [9.17, 15) is 4.79 Å². The molecule has 144 valence electrons. The van der Waals surface area contributed by atoms with Crippen LogP contribution < -0.4 is 11.1 Å². The summed E-state index contributed by atoms with van der Waals surface area (Å²) >= 11 is 1.38. The molecule has 27 heavy (non-hydrogen) atoms. The van der Waals surface area contributed by atoms with E-state index in [1.165, 1.54) is 18.8 Å². The Bertz CT molecular complexity index is 884. The van der Waals surface area contributed by atoms with E-state index >= 15 is 0 Å². The molecule has 1 amide bonds. The Labute approximate surface area is 166 Å². The van der Waals surface area contributed by atoms with Crippen LogP contribution in [0.25, 0.3) is 0 Å². The maximum atomic E-state index is 11.4. The molecule has 11 heteroatoms. The third-order valence-corrected chi connectivity index (χ3v) is 4.73. The lowest BCUT2D eigenvalue weighted by molar-refractivity contribution is 0.0950. The van der Waals surface area contributed by atoms with Gasteiger partial charge in [-0.25, -0.2) is 0 Å². The van der Waals surface area contributed by atoms with Crippen molar-refractivity contribution in [1.82, 2.24) is 30.2 Å². The summed E-state index contributed by atoms with van der Waals surface area (Å²) in [4.78, 5) is 15.5. The van der Waals surface area contributed by atoms with Crippen LogP contribution in [0.1, 0.15) is 33.9 Å². The highest BCUT2D eigenvalue weighted by Gasteiger charge is 2.18. The fourth-order valence-corrected chi connectivity index (χ4v) is 3.13. The lowest BCUT2D eigenvalue weighted by Crippen LogP contribution is -2.19. The number of hydrogen-bond acceptors (Lipinski definition) is 8. The van der Waals surface area contributed by atoms with Gasteiger partial charge < -0.3 is 20.1 Å². The number of nitrogens with zero attached hydrogens (tertiary/aromatic N) is 5. The summed E-state index contributed by atoms with van der Waals surface area (Å²) in [6.07, 6.45) is 0.677. The number of benzene rings is 1. The quantitative estimate of drug-likeness (QED) is 0.562. The Kier molecular flexibility index (Phi) is 7.34. The van der Waals surface area contributed by atoms with Crippen LogP contribution in [-0.4, -0.2) is 37.9 Å². The van der Waals surface area contributed by atoms with Gasteiger partial charge >= 0.3 is 0 Å². The van der Waals surface area contributed by atoms with Gasteiger partial charge in [0, 0.05) is 14.1 Å². The number of nitrogens with two attached hydrogens (primary N) is 1. The minimum Gasteiger partial charge on any atom is -0.352 e. The molecule has 0 saturated carbocycles. The summed E-state index contributed by atoms with van der Waals surface area (Å²) in [6, 6.07) is 9.75. The smallest absolute Gasteiger partial charge is 0.292 e.